The lowest BCUT2D eigenvalue weighted by Gasteiger charge is -2.29. The van der Waals surface area contributed by atoms with Crippen LogP contribution in [0.2, 0.25) is 0 Å². The highest BCUT2D eigenvalue weighted by molar-refractivity contribution is 5.84. The van der Waals surface area contributed by atoms with E-state index in [-0.39, 0.29) is 18.5 Å². The maximum absolute atomic E-state index is 12.6. The average molecular weight is 355 g/mol. The van der Waals surface area contributed by atoms with Gasteiger partial charge in [-0.3, -0.25) is 14.6 Å². The molecule has 0 unspecified atom stereocenters. The second-order valence-corrected chi connectivity index (χ2v) is 7.01. The molecule has 0 spiro atoms. The van der Waals surface area contributed by atoms with Gasteiger partial charge < -0.3 is 4.90 Å². The quantitative estimate of drug-likeness (QED) is 0.811. The van der Waals surface area contributed by atoms with Crippen molar-refractivity contribution in [1.29, 1.82) is 0 Å². The van der Waals surface area contributed by atoms with Gasteiger partial charge in [0.25, 0.3) is 0 Å². The third-order valence-corrected chi connectivity index (χ3v) is 5.20. The van der Waals surface area contributed by atoms with Crippen LogP contribution in [0.3, 0.4) is 0 Å². The molecule has 7 heteroatoms. The Bertz CT molecular complexity index is 593. The summed E-state index contributed by atoms with van der Waals surface area (Å²) in [5, 5.41) is 0. The topological polar surface area (TPSA) is 26.8 Å². The molecular weight excluding hydrogens is 331 g/mol. The molecule has 2 heterocycles. The molecule has 2 atom stereocenters. The number of halogens is 3. The summed E-state index contributed by atoms with van der Waals surface area (Å²) in [4.78, 5) is 17.6. The molecule has 1 amide bonds. The first-order chi connectivity index (χ1) is 11.8. The number of hydrogen-bond acceptors (Lipinski definition) is 3. The number of likely N-dealkylation sites (tertiary alicyclic amines) is 2. The summed E-state index contributed by atoms with van der Waals surface area (Å²) < 4.78 is 37.7. The van der Waals surface area contributed by atoms with Gasteiger partial charge in [-0.15, -0.1) is 0 Å². The van der Waals surface area contributed by atoms with Crippen LogP contribution < -0.4 is 0 Å². The third kappa shape index (κ3) is 4.52. The first-order valence-corrected chi connectivity index (χ1v) is 8.67. The number of alkyl halides is 3. The van der Waals surface area contributed by atoms with Gasteiger partial charge in [-0.2, -0.15) is 13.2 Å². The third-order valence-electron chi connectivity index (χ3n) is 5.20. The Morgan fingerprint density at radius 3 is 2.56 bits per heavy atom. The fraction of sp³-hybridized carbons (Fsp3) is 0.611. The minimum Gasteiger partial charge on any atom is -0.332 e. The molecule has 138 valence electrons. The summed E-state index contributed by atoms with van der Waals surface area (Å²) in [5.74, 6) is -0.388. The molecule has 2 saturated heterocycles. The zero-order chi connectivity index (χ0) is 18.0. The maximum Gasteiger partial charge on any atom is 0.406 e. The van der Waals surface area contributed by atoms with E-state index >= 15 is 0 Å². The fourth-order valence-electron chi connectivity index (χ4n) is 3.86. The van der Waals surface area contributed by atoms with Crippen LogP contribution >= 0.6 is 0 Å². The van der Waals surface area contributed by atoms with Crippen molar-refractivity contribution in [3.05, 3.63) is 35.9 Å². The van der Waals surface area contributed by atoms with Crippen LogP contribution in [0.15, 0.2) is 30.3 Å². The molecule has 0 bridgehead atoms. The van der Waals surface area contributed by atoms with Crippen LogP contribution in [0.4, 0.5) is 13.2 Å². The van der Waals surface area contributed by atoms with Crippen molar-refractivity contribution >= 4 is 5.91 Å². The summed E-state index contributed by atoms with van der Waals surface area (Å²) in [5.41, 5.74) is 1.25. The normalized spacial score (nSPS) is 25.3. The predicted octanol–water partition coefficient (Wildman–Crippen LogP) is 2.36. The number of benzene rings is 1. The smallest absolute Gasteiger partial charge is 0.332 e. The van der Waals surface area contributed by atoms with Crippen molar-refractivity contribution in [2.75, 3.05) is 33.2 Å². The summed E-state index contributed by atoms with van der Waals surface area (Å²) in [7, 11) is 1.87. The van der Waals surface area contributed by atoms with Gasteiger partial charge in [-0.25, -0.2) is 0 Å². The minimum absolute atomic E-state index is 0.188. The van der Waals surface area contributed by atoms with Gasteiger partial charge in [0.2, 0.25) is 5.91 Å². The number of amides is 1. The Morgan fingerprint density at radius 2 is 1.88 bits per heavy atom. The molecular formula is C18H24F3N3O. The monoisotopic (exact) mass is 355 g/mol. The standard InChI is InChI=1S/C18H24F3N3O/c1-22(16-8-10-24(17(16)25)13-18(19,20)21)15-7-9-23(12-15)11-14-5-3-2-4-6-14/h2-6,15-16H,7-13H2,1H3/t15-,16+/m1/s1. The predicted molar refractivity (Wildman–Crippen MR) is 88.9 cm³/mol. The van der Waals surface area contributed by atoms with Crippen molar-refractivity contribution in [2.24, 2.45) is 0 Å². The van der Waals surface area contributed by atoms with Crippen LogP contribution in [0.5, 0.6) is 0 Å². The van der Waals surface area contributed by atoms with Gasteiger partial charge in [-0.1, -0.05) is 30.3 Å². The van der Waals surface area contributed by atoms with E-state index in [9.17, 15) is 18.0 Å². The molecule has 25 heavy (non-hydrogen) atoms. The molecule has 3 rings (SSSR count). The van der Waals surface area contributed by atoms with E-state index < -0.39 is 18.8 Å². The molecule has 0 saturated carbocycles. The lowest BCUT2D eigenvalue weighted by Crippen LogP contribution is -2.47. The van der Waals surface area contributed by atoms with E-state index in [0.717, 1.165) is 31.0 Å². The van der Waals surface area contributed by atoms with Crippen LogP contribution in [-0.4, -0.2) is 72.1 Å². The van der Waals surface area contributed by atoms with E-state index in [0.29, 0.717) is 6.42 Å². The molecule has 0 radical (unpaired) electrons. The highest BCUT2D eigenvalue weighted by Gasteiger charge is 2.42. The van der Waals surface area contributed by atoms with Crippen molar-refractivity contribution in [2.45, 2.75) is 37.6 Å². The van der Waals surface area contributed by atoms with E-state index in [1.165, 1.54) is 5.56 Å². The van der Waals surface area contributed by atoms with Gasteiger partial charge in [-0.05, 0) is 25.5 Å². The number of nitrogens with zero attached hydrogens (tertiary/aromatic N) is 3. The fourth-order valence-corrected chi connectivity index (χ4v) is 3.86. The zero-order valence-electron chi connectivity index (χ0n) is 14.4. The van der Waals surface area contributed by atoms with Gasteiger partial charge in [0.1, 0.15) is 6.54 Å². The molecule has 1 aromatic carbocycles. The van der Waals surface area contributed by atoms with Crippen molar-refractivity contribution in [3.8, 4) is 0 Å². The van der Waals surface area contributed by atoms with E-state index in [1.807, 2.05) is 30.1 Å². The Kier molecular flexibility index (Phi) is 5.34. The minimum atomic E-state index is -4.33. The van der Waals surface area contributed by atoms with Crippen LogP contribution in [0.25, 0.3) is 0 Å². The van der Waals surface area contributed by atoms with Gasteiger partial charge in [0.15, 0.2) is 0 Å². The molecule has 2 fully saturated rings. The number of rotatable bonds is 5. The number of carbonyl (C=O) groups is 1. The van der Waals surface area contributed by atoms with Crippen LogP contribution in [-0.2, 0) is 11.3 Å². The Balaban J connectivity index is 1.54. The van der Waals surface area contributed by atoms with Crippen molar-refractivity contribution in [3.63, 3.8) is 0 Å². The van der Waals surface area contributed by atoms with Gasteiger partial charge in [0.05, 0.1) is 6.04 Å². The van der Waals surface area contributed by atoms with Crippen molar-refractivity contribution < 1.29 is 18.0 Å². The van der Waals surface area contributed by atoms with Crippen LogP contribution in [0.1, 0.15) is 18.4 Å². The number of likely N-dealkylation sites (N-methyl/N-ethyl adjacent to an activating group) is 1. The van der Waals surface area contributed by atoms with Crippen LogP contribution in [0, 0.1) is 0 Å². The summed E-state index contributed by atoms with van der Waals surface area (Å²) in [6.07, 6.45) is -2.92. The lowest BCUT2D eigenvalue weighted by molar-refractivity contribution is -0.159. The second-order valence-electron chi connectivity index (χ2n) is 7.01. The summed E-state index contributed by atoms with van der Waals surface area (Å²) in [6.45, 7) is 1.70. The summed E-state index contributed by atoms with van der Waals surface area (Å²) in [6, 6.07) is 9.98. The van der Waals surface area contributed by atoms with Crippen molar-refractivity contribution in [1.82, 2.24) is 14.7 Å². The summed E-state index contributed by atoms with van der Waals surface area (Å²) >= 11 is 0. The second kappa shape index (κ2) is 7.33. The molecule has 1 aromatic rings. The number of hydrogen-bond donors (Lipinski definition) is 0. The molecule has 0 aromatic heterocycles. The van der Waals surface area contributed by atoms with E-state index in [2.05, 4.69) is 17.0 Å². The largest absolute Gasteiger partial charge is 0.406 e. The Hall–Kier alpha value is -1.60. The first-order valence-electron chi connectivity index (χ1n) is 8.67. The zero-order valence-corrected chi connectivity index (χ0v) is 14.4. The molecule has 0 N–H and O–H groups in total. The highest BCUT2D eigenvalue weighted by Crippen LogP contribution is 2.26. The molecule has 2 aliphatic rings. The molecule has 2 aliphatic heterocycles. The van der Waals surface area contributed by atoms with Gasteiger partial charge >= 0.3 is 6.18 Å². The van der Waals surface area contributed by atoms with Gasteiger partial charge in [0, 0.05) is 32.2 Å². The maximum atomic E-state index is 12.6. The SMILES string of the molecule is CN([C@@H]1CCN(Cc2ccccc2)C1)[C@H]1CCN(CC(F)(F)F)C1=O. The average Bonchev–Trinajstić information content (AvgIpc) is 3.14. The first kappa shape index (κ1) is 18.2. The molecule has 0 aliphatic carbocycles. The lowest BCUT2D eigenvalue weighted by atomic mass is 10.1. The Labute approximate surface area is 146 Å². The Morgan fingerprint density at radius 1 is 1.16 bits per heavy atom. The highest BCUT2D eigenvalue weighted by atomic mass is 19.4. The molecule has 4 nitrogen and oxygen atoms in total. The van der Waals surface area contributed by atoms with E-state index in [1.54, 1.807) is 0 Å². The van der Waals surface area contributed by atoms with E-state index in [4.69, 9.17) is 0 Å². The number of carbonyl (C=O) groups excluding carboxylic acids is 1.